The van der Waals surface area contributed by atoms with Gasteiger partial charge < -0.3 is 10.2 Å². The third kappa shape index (κ3) is 2.53. The van der Waals surface area contributed by atoms with Crippen molar-refractivity contribution in [2.45, 2.75) is 0 Å². The fraction of sp³-hybridized carbons (Fsp3) is 0. The number of halogens is 1. The number of nitrogens with zero attached hydrogens (tertiary/aromatic N) is 2. The van der Waals surface area contributed by atoms with E-state index in [1.807, 2.05) is 0 Å². The Morgan fingerprint density at radius 1 is 0.957 bits per heavy atom. The van der Waals surface area contributed by atoms with E-state index in [-0.39, 0.29) is 16.8 Å². The van der Waals surface area contributed by atoms with Crippen molar-refractivity contribution in [3.63, 3.8) is 0 Å². The van der Waals surface area contributed by atoms with E-state index >= 15 is 0 Å². The van der Waals surface area contributed by atoms with Gasteiger partial charge in [0.05, 0.1) is 23.1 Å². The van der Waals surface area contributed by atoms with Crippen LogP contribution in [-0.2, 0) is 0 Å². The Hall–Kier alpha value is -3.21. The number of hydrogen-bond acceptors (Lipinski definition) is 4. The molecule has 0 fully saturated rings. The molecule has 2 N–H and O–H groups in total. The smallest absolute Gasteiger partial charge is 0.135 e. The molecule has 0 radical (unpaired) electrons. The van der Waals surface area contributed by atoms with Gasteiger partial charge in [-0.2, -0.15) is 10.5 Å². The van der Waals surface area contributed by atoms with Gasteiger partial charge in [-0.05, 0) is 35.9 Å². The molecule has 0 aliphatic heterocycles. The number of rotatable bonds is 2. The topological polar surface area (TPSA) is 86.7 Å². The van der Waals surface area contributed by atoms with Crippen molar-refractivity contribution < 1.29 is 4.42 Å². The molecule has 0 saturated heterocycles. The summed E-state index contributed by atoms with van der Waals surface area (Å²) < 4.78 is 5.39. The predicted octanol–water partition coefficient (Wildman–Crippen LogP) is 4.59. The van der Waals surface area contributed by atoms with E-state index in [9.17, 15) is 10.5 Å². The average Bonchev–Trinajstić information content (AvgIpc) is 3.09. The molecular weight excluding hydrogens is 310 g/mol. The van der Waals surface area contributed by atoms with Crippen LogP contribution in [0.15, 0.2) is 53.1 Å². The Bertz CT molecular complexity index is 946. The molecule has 0 spiro atoms. The van der Waals surface area contributed by atoms with Crippen LogP contribution in [0.5, 0.6) is 0 Å². The van der Waals surface area contributed by atoms with Crippen LogP contribution >= 0.6 is 11.6 Å². The van der Waals surface area contributed by atoms with Gasteiger partial charge in [0.15, 0.2) is 0 Å². The highest BCUT2D eigenvalue weighted by atomic mass is 35.5. The van der Waals surface area contributed by atoms with Crippen molar-refractivity contribution in [3.05, 3.63) is 64.9 Å². The number of hydrogen-bond donors (Lipinski definition) is 1. The lowest BCUT2D eigenvalue weighted by Gasteiger charge is -2.12. The molecule has 0 saturated carbocycles. The summed E-state index contributed by atoms with van der Waals surface area (Å²) in [5.74, 6) is 0.521. The molecule has 1 aromatic heterocycles. The van der Waals surface area contributed by atoms with Crippen LogP contribution in [0.1, 0.15) is 11.1 Å². The number of benzene rings is 2. The largest absolute Gasteiger partial charge is 0.464 e. The molecule has 3 rings (SSSR count). The monoisotopic (exact) mass is 319 g/mol. The normalized spacial score (nSPS) is 10.0. The number of nitriles is 2. The van der Waals surface area contributed by atoms with Gasteiger partial charge >= 0.3 is 0 Å². The highest BCUT2D eigenvalue weighted by Crippen LogP contribution is 2.37. The summed E-state index contributed by atoms with van der Waals surface area (Å²) in [6.07, 6.45) is 1.52. The molecule has 0 atom stereocenters. The second-order valence-electron chi connectivity index (χ2n) is 4.84. The second-order valence-corrected chi connectivity index (χ2v) is 5.28. The maximum atomic E-state index is 9.47. The molecule has 0 amide bonds. The number of furan rings is 1. The quantitative estimate of drug-likeness (QED) is 0.700. The van der Waals surface area contributed by atoms with E-state index < -0.39 is 0 Å². The zero-order valence-corrected chi connectivity index (χ0v) is 12.6. The summed E-state index contributed by atoms with van der Waals surface area (Å²) in [4.78, 5) is 0. The third-order valence-electron chi connectivity index (χ3n) is 3.53. The van der Waals surface area contributed by atoms with Crippen molar-refractivity contribution in [1.82, 2.24) is 0 Å². The summed E-state index contributed by atoms with van der Waals surface area (Å²) in [6, 6.07) is 16.4. The van der Waals surface area contributed by atoms with Crippen molar-refractivity contribution in [3.8, 4) is 34.6 Å². The molecule has 5 heteroatoms. The van der Waals surface area contributed by atoms with Crippen LogP contribution in [0.2, 0.25) is 5.02 Å². The lowest BCUT2D eigenvalue weighted by atomic mass is 9.91. The van der Waals surface area contributed by atoms with Crippen LogP contribution in [0.25, 0.3) is 22.5 Å². The first-order valence-corrected chi connectivity index (χ1v) is 7.10. The van der Waals surface area contributed by atoms with E-state index in [0.29, 0.717) is 21.9 Å². The SMILES string of the molecule is N#Cc1c(-c2ccc(Cl)cc2)cc(-c2ccco2)c(C#N)c1N. The van der Waals surface area contributed by atoms with Crippen LogP contribution in [0.4, 0.5) is 5.69 Å². The maximum Gasteiger partial charge on any atom is 0.135 e. The molecule has 4 nitrogen and oxygen atoms in total. The highest BCUT2D eigenvalue weighted by Gasteiger charge is 2.19. The van der Waals surface area contributed by atoms with Crippen LogP contribution < -0.4 is 5.73 Å². The van der Waals surface area contributed by atoms with Gasteiger partial charge in [0, 0.05) is 16.1 Å². The zero-order valence-electron chi connectivity index (χ0n) is 11.9. The first-order chi connectivity index (χ1) is 11.2. The fourth-order valence-electron chi connectivity index (χ4n) is 2.43. The van der Waals surface area contributed by atoms with Crippen molar-refractivity contribution in [2.24, 2.45) is 0 Å². The van der Waals surface area contributed by atoms with E-state index in [4.69, 9.17) is 21.8 Å². The highest BCUT2D eigenvalue weighted by molar-refractivity contribution is 6.30. The third-order valence-corrected chi connectivity index (χ3v) is 3.78. The predicted molar refractivity (Wildman–Crippen MR) is 88.4 cm³/mol. The Morgan fingerprint density at radius 3 is 2.17 bits per heavy atom. The maximum absolute atomic E-state index is 9.47. The molecule has 0 unspecified atom stereocenters. The van der Waals surface area contributed by atoms with Crippen LogP contribution in [0.3, 0.4) is 0 Å². The molecular formula is C18H10ClN3O. The summed E-state index contributed by atoms with van der Waals surface area (Å²) in [6.45, 7) is 0. The van der Waals surface area contributed by atoms with Crippen molar-refractivity contribution >= 4 is 17.3 Å². The molecule has 2 aromatic carbocycles. The molecule has 0 aliphatic carbocycles. The van der Waals surface area contributed by atoms with Gasteiger partial charge in [-0.1, -0.05) is 23.7 Å². The van der Waals surface area contributed by atoms with E-state index in [0.717, 1.165) is 5.56 Å². The molecule has 1 heterocycles. The number of nitrogens with two attached hydrogens (primary N) is 1. The van der Waals surface area contributed by atoms with Crippen molar-refractivity contribution in [2.75, 3.05) is 5.73 Å². The van der Waals surface area contributed by atoms with E-state index in [1.165, 1.54) is 6.26 Å². The summed E-state index contributed by atoms with van der Waals surface area (Å²) in [5, 5.41) is 19.5. The minimum absolute atomic E-state index is 0.147. The van der Waals surface area contributed by atoms with E-state index in [2.05, 4.69) is 12.1 Å². The molecule has 3 aromatic rings. The molecule has 23 heavy (non-hydrogen) atoms. The van der Waals surface area contributed by atoms with Crippen LogP contribution in [-0.4, -0.2) is 0 Å². The fourth-order valence-corrected chi connectivity index (χ4v) is 2.55. The van der Waals surface area contributed by atoms with Gasteiger partial charge in [0.1, 0.15) is 17.9 Å². The van der Waals surface area contributed by atoms with Gasteiger partial charge in [-0.15, -0.1) is 0 Å². The second kappa shape index (κ2) is 5.88. The molecule has 0 bridgehead atoms. The van der Waals surface area contributed by atoms with Gasteiger partial charge in [-0.3, -0.25) is 0 Å². The number of anilines is 1. The first-order valence-electron chi connectivity index (χ1n) is 6.72. The van der Waals surface area contributed by atoms with Gasteiger partial charge in [0.2, 0.25) is 0 Å². The zero-order chi connectivity index (χ0) is 16.4. The summed E-state index contributed by atoms with van der Waals surface area (Å²) in [7, 11) is 0. The van der Waals surface area contributed by atoms with Gasteiger partial charge in [-0.25, -0.2) is 0 Å². The summed E-state index contributed by atoms with van der Waals surface area (Å²) in [5.41, 5.74) is 8.68. The number of nitrogen functional groups attached to an aromatic ring is 1. The average molecular weight is 320 g/mol. The minimum atomic E-state index is 0.147. The Labute approximate surface area is 137 Å². The van der Waals surface area contributed by atoms with Gasteiger partial charge in [0.25, 0.3) is 0 Å². The molecule has 0 aliphatic rings. The standard InChI is InChI=1S/C18H10ClN3O/c19-12-5-3-11(4-6-12)13-8-14(17-2-1-7-23-17)16(10-21)18(22)15(13)9-20/h1-8H,22H2. The Kier molecular flexibility index (Phi) is 3.76. The van der Waals surface area contributed by atoms with Crippen molar-refractivity contribution in [1.29, 1.82) is 10.5 Å². The molecule has 110 valence electrons. The Balaban J connectivity index is 2.34. The van der Waals surface area contributed by atoms with Crippen LogP contribution in [0, 0.1) is 22.7 Å². The minimum Gasteiger partial charge on any atom is -0.464 e. The lowest BCUT2D eigenvalue weighted by Crippen LogP contribution is -2.00. The first kappa shape index (κ1) is 14.7. The lowest BCUT2D eigenvalue weighted by molar-refractivity contribution is 0.582. The summed E-state index contributed by atoms with van der Waals surface area (Å²) >= 11 is 5.92. The Morgan fingerprint density at radius 2 is 1.61 bits per heavy atom. The van der Waals surface area contributed by atoms with E-state index in [1.54, 1.807) is 42.5 Å².